The van der Waals surface area contributed by atoms with Crippen molar-refractivity contribution in [3.8, 4) is 0 Å². The Labute approximate surface area is 358 Å². The van der Waals surface area contributed by atoms with E-state index in [0.29, 0.717) is 36.5 Å². The molecule has 60 heavy (non-hydrogen) atoms. The normalized spacial score (nSPS) is 27.8. The Morgan fingerprint density at radius 1 is 0.617 bits per heavy atom. The Kier molecular flexibility index (Phi) is 13.1. The van der Waals surface area contributed by atoms with Gasteiger partial charge in [0.1, 0.15) is 0 Å². The number of pyridine rings is 2. The molecule has 4 heterocycles. The van der Waals surface area contributed by atoms with Gasteiger partial charge in [0.25, 0.3) is 0 Å². The molecule has 8 rings (SSSR count). The zero-order chi connectivity index (χ0) is 42.0. The minimum atomic E-state index is -0.325. The first kappa shape index (κ1) is 42.9. The van der Waals surface area contributed by atoms with Crippen molar-refractivity contribution in [3.05, 3.63) is 90.8 Å². The minimum Gasteiger partial charge on any atom is -0.332 e. The van der Waals surface area contributed by atoms with Crippen molar-refractivity contribution in [2.75, 3.05) is 53.4 Å². The van der Waals surface area contributed by atoms with Gasteiger partial charge in [-0.05, 0) is 152 Å². The Bertz CT molecular complexity index is 1920. The number of hydrogen-bond acceptors (Lipinski definition) is 6. The standard InChI is InChI=1S/C50H72N6O4/c1-35-29-37-31-43-41(17-19-45(57)51-43)49(33-35)39(37)15-13-25-55(49)47(59)21-27-53(3)23-11-9-7-5-6-8-10-12-24-54(4)28-22-48(60)56-26-14-16-40-38-30-36(2)34-50(40,56)42-18-20-46(58)52-44(42)32-38/h17-20,29-30,37-40H,5-16,21-28,31-34H2,1-4H3,(H,51,57)(H,52,58). The molecule has 2 aromatic heterocycles. The number of nitrogens with one attached hydrogen (secondary N) is 2. The first-order valence-corrected chi connectivity index (χ1v) is 23.8. The third kappa shape index (κ3) is 8.41. The Hall–Kier alpha value is -3.76. The quantitative estimate of drug-likeness (QED) is 0.127. The molecule has 2 fully saturated rings. The van der Waals surface area contributed by atoms with E-state index in [1.165, 1.54) is 73.6 Å². The second-order valence-electron chi connectivity index (χ2n) is 19.9. The number of piperidine rings is 2. The van der Waals surface area contributed by atoms with E-state index >= 15 is 0 Å². The van der Waals surface area contributed by atoms with E-state index in [0.717, 1.165) is 102 Å². The van der Waals surface area contributed by atoms with Crippen LogP contribution in [0.5, 0.6) is 0 Å². The third-order valence-corrected chi connectivity index (χ3v) is 15.8. The number of rotatable bonds is 17. The highest BCUT2D eigenvalue weighted by molar-refractivity contribution is 5.79. The molecule has 0 radical (unpaired) electrons. The molecule has 6 unspecified atom stereocenters. The van der Waals surface area contributed by atoms with E-state index < -0.39 is 0 Å². The summed E-state index contributed by atoms with van der Waals surface area (Å²) in [4.78, 5) is 68.0. The number of hydrogen-bond donors (Lipinski definition) is 2. The molecule has 6 atom stereocenters. The number of unbranched alkanes of at least 4 members (excludes halogenated alkanes) is 7. The van der Waals surface area contributed by atoms with Gasteiger partial charge in [0.05, 0.1) is 11.1 Å². The highest BCUT2D eigenvalue weighted by Crippen LogP contribution is 2.58. The predicted octanol–water partition coefficient (Wildman–Crippen LogP) is 7.44. The summed E-state index contributed by atoms with van der Waals surface area (Å²) in [7, 11) is 4.32. The molecule has 2 N–H and O–H groups in total. The van der Waals surface area contributed by atoms with Gasteiger partial charge in [-0.3, -0.25) is 19.2 Å². The van der Waals surface area contributed by atoms with E-state index in [4.69, 9.17) is 0 Å². The maximum Gasteiger partial charge on any atom is 0.248 e. The van der Waals surface area contributed by atoms with Gasteiger partial charge < -0.3 is 29.6 Å². The van der Waals surface area contributed by atoms with Crippen molar-refractivity contribution in [1.82, 2.24) is 29.6 Å². The van der Waals surface area contributed by atoms with Gasteiger partial charge in [-0.1, -0.05) is 61.8 Å². The molecule has 10 nitrogen and oxygen atoms in total. The van der Waals surface area contributed by atoms with Crippen LogP contribution in [0.25, 0.3) is 0 Å². The number of nitrogens with zero attached hydrogens (tertiary/aromatic N) is 4. The minimum absolute atomic E-state index is 0.0478. The molecule has 2 saturated heterocycles. The number of H-pyrrole nitrogens is 2. The van der Waals surface area contributed by atoms with E-state index in [2.05, 4.69) is 69.7 Å². The lowest BCUT2D eigenvalue weighted by molar-refractivity contribution is -0.149. The molecule has 4 aliphatic carbocycles. The number of amides is 2. The zero-order valence-electron chi connectivity index (χ0n) is 37.2. The van der Waals surface area contributed by atoms with Gasteiger partial charge in [-0.2, -0.15) is 0 Å². The molecule has 2 aromatic rings. The molecular formula is C50H72N6O4. The van der Waals surface area contributed by atoms with Crippen LogP contribution in [0, 0.1) is 23.7 Å². The zero-order valence-corrected chi connectivity index (χ0v) is 37.2. The lowest BCUT2D eigenvalue weighted by Crippen LogP contribution is -2.62. The lowest BCUT2D eigenvalue weighted by Gasteiger charge is -2.59. The number of fused-ring (bicyclic) bond motifs is 2. The van der Waals surface area contributed by atoms with Gasteiger partial charge in [-0.15, -0.1) is 0 Å². The van der Waals surface area contributed by atoms with Crippen molar-refractivity contribution >= 4 is 11.8 Å². The largest absolute Gasteiger partial charge is 0.332 e. The summed E-state index contributed by atoms with van der Waals surface area (Å²) in [5.74, 6) is 2.13. The lowest BCUT2D eigenvalue weighted by atomic mass is 9.56. The number of aromatic amines is 2. The van der Waals surface area contributed by atoms with Crippen molar-refractivity contribution < 1.29 is 9.59 Å². The van der Waals surface area contributed by atoms with E-state index in [1.54, 1.807) is 12.1 Å². The second kappa shape index (κ2) is 18.3. The van der Waals surface area contributed by atoms with Gasteiger partial charge in [0.15, 0.2) is 0 Å². The van der Waals surface area contributed by atoms with Crippen molar-refractivity contribution in [1.29, 1.82) is 0 Å². The fraction of sp³-hybridized carbons (Fsp3) is 0.680. The van der Waals surface area contributed by atoms with Gasteiger partial charge in [-0.25, -0.2) is 0 Å². The number of carbonyl (C=O) groups excluding carboxylic acids is 2. The average molecular weight is 821 g/mol. The summed E-state index contributed by atoms with van der Waals surface area (Å²) in [6.07, 6.45) is 23.6. The Morgan fingerprint density at radius 2 is 1.02 bits per heavy atom. The van der Waals surface area contributed by atoms with E-state index in [-0.39, 0.29) is 34.0 Å². The summed E-state index contributed by atoms with van der Waals surface area (Å²) >= 11 is 0. The molecule has 4 bridgehead atoms. The van der Waals surface area contributed by atoms with E-state index in [9.17, 15) is 19.2 Å². The Balaban J connectivity index is 0.702. The number of allylic oxidation sites excluding steroid dienone is 2. The van der Waals surface area contributed by atoms with Crippen LogP contribution in [0.15, 0.2) is 57.2 Å². The SMILES string of the molecule is CC1=CC2Cc3[nH]c(=O)ccc3C3(C1)C2CCCN3C(=O)CCN(C)CCCCCCCCCCN(C)CCC(=O)N1CCCC2C3C=C(C)CC21c1ccc(=O)[nH]c1C3. The molecular weight excluding hydrogens is 749 g/mol. The van der Waals surface area contributed by atoms with Crippen LogP contribution >= 0.6 is 0 Å². The molecule has 10 heteroatoms. The van der Waals surface area contributed by atoms with Gasteiger partial charge in [0, 0.05) is 62.5 Å². The summed E-state index contributed by atoms with van der Waals surface area (Å²) in [5.41, 5.74) is 6.42. The van der Waals surface area contributed by atoms with Crippen LogP contribution in [0.3, 0.4) is 0 Å². The van der Waals surface area contributed by atoms with Crippen molar-refractivity contribution in [2.45, 2.75) is 141 Å². The first-order chi connectivity index (χ1) is 29.0. The molecule has 326 valence electrons. The van der Waals surface area contributed by atoms with Gasteiger partial charge >= 0.3 is 0 Å². The first-order valence-electron chi connectivity index (χ1n) is 23.8. The van der Waals surface area contributed by atoms with Crippen LogP contribution in [0.1, 0.15) is 139 Å². The summed E-state index contributed by atoms with van der Waals surface area (Å²) in [6.45, 7) is 9.64. The van der Waals surface area contributed by atoms with Gasteiger partial charge in [0.2, 0.25) is 22.9 Å². The van der Waals surface area contributed by atoms with Crippen LogP contribution in [0.4, 0.5) is 0 Å². The smallest absolute Gasteiger partial charge is 0.248 e. The monoisotopic (exact) mass is 821 g/mol. The highest BCUT2D eigenvalue weighted by Gasteiger charge is 2.58. The van der Waals surface area contributed by atoms with E-state index in [1.807, 2.05) is 12.1 Å². The fourth-order valence-corrected chi connectivity index (χ4v) is 13.2. The van der Waals surface area contributed by atoms with Crippen LogP contribution in [0.2, 0.25) is 0 Å². The summed E-state index contributed by atoms with van der Waals surface area (Å²) in [6, 6.07) is 7.36. The summed E-state index contributed by atoms with van der Waals surface area (Å²) < 4.78 is 0. The van der Waals surface area contributed by atoms with Crippen LogP contribution in [-0.2, 0) is 33.5 Å². The average Bonchev–Trinajstić information content (AvgIpc) is 3.21. The van der Waals surface area contributed by atoms with Crippen LogP contribution in [-0.4, -0.2) is 94.7 Å². The van der Waals surface area contributed by atoms with Crippen molar-refractivity contribution in [3.63, 3.8) is 0 Å². The second-order valence-corrected chi connectivity index (χ2v) is 19.9. The predicted molar refractivity (Wildman–Crippen MR) is 239 cm³/mol. The third-order valence-electron chi connectivity index (χ3n) is 15.8. The topological polar surface area (TPSA) is 113 Å². The maximum atomic E-state index is 14.0. The molecule has 0 spiro atoms. The van der Waals surface area contributed by atoms with Crippen molar-refractivity contribution in [2.24, 2.45) is 23.7 Å². The van der Waals surface area contributed by atoms with Crippen LogP contribution < -0.4 is 11.1 Å². The summed E-state index contributed by atoms with van der Waals surface area (Å²) in [5, 5.41) is 0. The molecule has 2 aliphatic heterocycles. The fourth-order valence-electron chi connectivity index (χ4n) is 13.2. The Morgan fingerprint density at radius 3 is 1.43 bits per heavy atom. The maximum absolute atomic E-state index is 14.0. The number of likely N-dealkylation sites (tertiary alicyclic amines) is 2. The molecule has 2 amide bonds. The molecule has 0 aromatic carbocycles. The molecule has 0 saturated carbocycles. The number of carbonyl (C=O) groups is 2. The highest BCUT2D eigenvalue weighted by atomic mass is 16.2. The number of aromatic nitrogens is 2. The molecule has 6 aliphatic rings.